The number of amides is 2. The van der Waals surface area contributed by atoms with Gasteiger partial charge in [-0.2, -0.15) is 4.98 Å². The van der Waals surface area contributed by atoms with Gasteiger partial charge >= 0.3 is 6.03 Å². The van der Waals surface area contributed by atoms with Gasteiger partial charge < -0.3 is 9.84 Å². The molecule has 6 nitrogen and oxygen atoms in total. The molecule has 0 fully saturated rings. The predicted octanol–water partition coefficient (Wildman–Crippen LogP) is 6.16. The van der Waals surface area contributed by atoms with E-state index in [-0.39, 0.29) is 11.6 Å². The van der Waals surface area contributed by atoms with Gasteiger partial charge in [-0.3, -0.25) is 4.90 Å². The van der Waals surface area contributed by atoms with Crippen LogP contribution >= 0.6 is 0 Å². The zero-order valence-electron chi connectivity index (χ0n) is 18.7. The quantitative estimate of drug-likeness (QED) is 0.383. The molecular weight excluding hydrogens is 457 g/mol. The normalized spacial score (nSPS) is 16.0. The van der Waals surface area contributed by atoms with Crippen LogP contribution in [0.1, 0.15) is 30.0 Å². The molecule has 5 rings (SSSR count). The lowest BCUT2D eigenvalue weighted by Crippen LogP contribution is -2.46. The van der Waals surface area contributed by atoms with E-state index in [2.05, 4.69) is 15.5 Å². The molecule has 1 aliphatic rings. The van der Waals surface area contributed by atoms with Gasteiger partial charge in [-0.1, -0.05) is 47.1 Å². The fourth-order valence-corrected chi connectivity index (χ4v) is 4.01. The minimum absolute atomic E-state index is 0.118. The van der Waals surface area contributed by atoms with E-state index in [1.807, 2.05) is 31.2 Å². The number of halogens is 3. The number of hydrogen-bond acceptors (Lipinski definition) is 4. The molecule has 0 bridgehead atoms. The molecule has 9 heteroatoms. The Balaban J connectivity index is 1.65. The smallest absolute Gasteiger partial charge is 0.327 e. The van der Waals surface area contributed by atoms with E-state index in [0.717, 1.165) is 23.3 Å². The van der Waals surface area contributed by atoms with Crippen molar-refractivity contribution in [3.63, 3.8) is 0 Å². The fourth-order valence-electron chi connectivity index (χ4n) is 4.01. The number of carbonyl (C=O) groups excluding carboxylic acids is 1. The van der Waals surface area contributed by atoms with E-state index in [1.54, 1.807) is 6.92 Å². The number of benzene rings is 3. The van der Waals surface area contributed by atoms with Crippen LogP contribution in [-0.4, -0.2) is 16.2 Å². The second kappa shape index (κ2) is 8.75. The molecule has 3 aromatic carbocycles. The first kappa shape index (κ1) is 22.4. The van der Waals surface area contributed by atoms with Crippen molar-refractivity contribution in [3.8, 4) is 11.4 Å². The number of nitrogens with zero attached hydrogens (tertiary/aromatic N) is 3. The Morgan fingerprint density at radius 3 is 2.31 bits per heavy atom. The summed E-state index contributed by atoms with van der Waals surface area (Å²) in [6.07, 6.45) is 0. The van der Waals surface area contributed by atoms with Crippen molar-refractivity contribution in [2.24, 2.45) is 0 Å². The summed E-state index contributed by atoms with van der Waals surface area (Å²) in [7, 11) is 0. The van der Waals surface area contributed by atoms with Crippen molar-refractivity contribution in [2.75, 3.05) is 4.90 Å². The molecule has 2 amide bonds. The molecule has 1 N–H and O–H groups in total. The maximum Gasteiger partial charge on any atom is 0.327 e. The summed E-state index contributed by atoms with van der Waals surface area (Å²) in [4.78, 5) is 18.9. The van der Waals surface area contributed by atoms with Crippen LogP contribution < -0.4 is 10.2 Å². The highest BCUT2D eigenvalue weighted by atomic mass is 19.2. The highest BCUT2D eigenvalue weighted by Crippen LogP contribution is 2.39. The number of carbonyl (C=O) groups is 1. The monoisotopic (exact) mass is 476 g/mol. The third-order valence-electron chi connectivity index (χ3n) is 5.82. The molecule has 35 heavy (non-hydrogen) atoms. The van der Waals surface area contributed by atoms with E-state index < -0.39 is 29.5 Å². The van der Waals surface area contributed by atoms with Crippen LogP contribution in [0.4, 0.5) is 23.7 Å². The lowest BCUT2D eigenvalue weighted by Gasteiger charge is -2.35. The van der Waals surface area contributed by atoms with Crippen LogP contribution in [0.3, 0.4) is 0 Å². The number of allylic oxidation sites excluding steroid dienone is 1. The van der Waals surface area contributed by atoms with Crippen molar-refractivity contribution < 1.29 is 22.5 Å². The summed E-state index contributed by atoms with van der Waals surface area (Å²) in [5, 5.41) is 6.92. The van der Waals surface area contributed by atoms with Crippen molar-refractivity contribution >= 4 is 17.3 Å². The number of hydrogen-bond donors (Lipinski definition) is 1. The molecule has 176 valence electrons. The Kier molecular flexibility index (Phi) is 5.60. The number of aryl methyl sites for hydroxylation is 1. The fraction of sp³-hybridized carbons (Fsp3) is 0.115. The Morgan fingerprint density at radius 1 is 0.914 bits per heavy atom. The second-order valence-electron chi connectivity index (χ2n) is 8.16. The third kappa shape index (κ3) is 4.16. The van der Waals surface area contributed by atoms with Crippen LogP contribution in [0.2, 0.25) is 0 Å². The van der Waals surface area contributed by atoms with Gasteiger partial charge in [0.25, 0.3) is 5.89 Å². The highest BCUT2D eigenvalue weighted by molar-refractivity contribution is 6.01. The van der Waals surface area contributed by atoms with E-state index in [4.69, 9.17) is 4.52 Å². The van der Waals surface area contributed by atoms with Crippen LogP contribution in [0.25, 0.3) is 17.0 Å². The molecule has 0 aliphatic carbocycles. The Hall–Kier alpha value is -4.40. The topological polar surface area (TPSA) is 71.3 Å². The molecule has 0 saturated carbocycles. The maximum atomic E-state index is 14.0. The molecule has 1 atom stereocenters. The number of nitrogens with one attached hydrogen (secondary N) is 1. The summed E-state index contributed by atoms with van der Waals surface area (Å²) >= 11 is 0. The van der Waals surface area contributed by atoms with Crippen molar-refractivity contribution in [1.29, 1.82) is 0 Å². The predicted molar refractivity (Wildman–Crippen MR) is 124 cm³/mol. The summed E-state index contributed by atoms with van der Waals surface area (Å²) in [6, 6.07) is 15.0. The lowest BCUT2D eigenvalue weighted by atomic mass is 9.94. The standard InChI is InChI=1S/C26H19F3N4O2/c1-14-3-5-17(6-4-14)24-31-25(35-32-24)22-15(2)33(19-11-12-20(28)21(29)13-19)26(34)30-23(22)16-7-9-18(27)10-8-16/h3-13,23H,1-2H3,(H,30,34). The Morgan fingerprint density at radius 2 is 1.63 bits per heavy atom. The summed E-state index contributed by atoms with van der Waals surface area (Å²) in [6.45, 7) is 3.60. The van der Waals surface area contributed by atoms with Crippen LogP contribution in [0.5, 0.6) is 0 Å². The molecule has 4 aromatic rings. The summed E-state index contributed by atoms with van der Waals surface area (Å²) in [5.74, 6) is -2.09. The largest absolute Gasteiger partial charge is 0.334 e. The minimum Gasteiger partial charge on any atom is -0.334 e. The number of rotatable bonds is 4. The molecule has 0 saturated heterocycles. The van der Waals surface area contributed by atoms with Crippen molar-refractivity contribution in [3.05, 3.63) is 107 Å². The zero-order chi connectivity index (χ0) is 24.7. The lowest BCUT2D eigenvalue weighted by molar-refractivity contribution is 0.244. The average molecular weight is 476 g/mol. The third-order valence-corrected chi connectivity index (χ3v) is 5.82. The first-order valence-electron chi connectivity index (χ1n) is 10.7. The summed E-state index contributed by atoms with van der Waals surface area (Å²) < 4.78 is 46.7. The van der Waals surface area contributed by atoms with E-state index in [0.29, 0.717) is 22.7 Å². The van der Waals surface area contributed by atoms with Gasteiger partial charge in [0, 0.05) is 17.3 Å². The van der Waals surface area contributed by atoms with Gasteiger partial charge in [0.05, 0.1) is 17.3 Å². The van der Waals surface area contributed by atoms with Gasteiger partial charge in [-0.05, 0) is 43.7 Å². The molecule has 1 aliphatic heterocycles. The molecule has 1 unspecified atom stereocenters. The van der Waals surface area contributed by atoms with E-state index in [1.165, 1.54) is 35.2 Å². The first-order chi connectivity index (χ1) is 16.8. The van der Waals surface area contributed by atoms with Crippen LogP contribution in [-0.2, 0) is 0 Å². The first-order valence-corrected chi connectivity index (χ1v) is 10.7. The van der Waals surface area contributed by atoms with Gasteiger partial charge in [0.15, 0.2) is 11.6 Å². The molecule has 2 heterocycles. The van der Waals surface area contributed by atoms with Crippen LogP contribution in [0.15, 0.2) is 77.0 Å². The molecule has 1 aromatic heterocycles. The molecule has 0 spiro atoms. The highest BCUT2D eigenvalue weighted by Gasteiger charge is 2.36. The maximum absolute atomic E-state index is 14.0. The second-order valence-corrected chi connectivity index (χ2v) is 8.16. The van der Waals surface area contributed by atoms with Crippen molar-refractivity contribution in [2.45, 2.75) is 19.9 Å². The average Bonchev–Trinajstić information content (AvgIpc) is 3.31. The van der Waals surface area contributed by atoms with Gasteiger partial charge in [-0.15, -0.1) is 0 Å². The van der Waals surface area contributed by atoms with Gasteiger partial charge in [0.2, 0.25) is 5.82 Å². The minimum atomic E-state index is -1.09. The molecular formula is C26H19F3N4O2. The van der Waals surface area contributed by atoms with Gasteiger partial charge in [-0.25, -0.2) is 18.0 Å². The van der Waals surface area contributed by atoms with E-state index in [9.17, 15) is 18.0 Å². The SMILES string of the molecule is CC1=C(c2nc(-c3ccc(C)cc3)no2)C(c2ccc(F)cc2)NC(=O)N1c1ccc(F)c(F)c1. The van der Waals surface area contributed by atoms with Gasteiger partial charge in [0.1, 0.15) is 5.82 Å². The number of urea groups is 1. The Labute approximate surface area is 198 Å². The number of anilines is 1. The molecule has 0 radical (unpaired) electrons. The zero-order valence-corrected chi connectivity index (χ0v) is 18.7. The van der Waals surface area contributed by atoms with Crippen molar-refractivity contribution in [1.82, 2.24) is 15.5 Å². The summed E-state index contributed by atoms with van der Waals surface area (Å²) in [5.41, 5.74) is 3.31. The van der Waals surface area contributed by atoms with E-state index >= 15 is 0 Å². The van der Waals surface area contributed by atoms with Crippen LogP contribution in [0, 0.1) is 24.4 Å². The Bertz CT molecular complexity index is 1450. The number of aromatic nitrogens is 2.